The Morgan fingerprint density at radius 2 is 2.06 bits per heavy atom. The van der Waals surface area contributed by atoms with Gasteiger partial charge >= 0.3 is 5.51 Å². The van der Waals surface area contributed by atoms with Gasteiger partial charge in [-0.15, -0.1) is 0 Å². The number of aryl methyl sites for hydroxylation is 1. The van der Waals surface area contributed by atoms with Gasteiger partial charge in [-0.05, 0) is 29.8 Å². The molecule has 0 atom stereocenters. The predicted molar refractivity (Wildman–Crippen MR) is 65.6 cm³/mol. The molecule has 0 aliphatic carbocycles. The zero-order valence-electron chi connectivity index (χ0n) is 8.97. The first-order valence-corrected chi connectivity index (χ1v) is 6.69. The fourth-order valence-corrected chi connectivity index (χ4v) is 2.30. The van der Waals surface area contributed by atoms with Crippen molar-refractivity contribution in [2.24, 2.45) is 0 Å². The van der Waals surface area contributed by atoms with E-state index >= 15 is 0 Å². The summed E-state index contributed by atoms with van der Waals surface area (Å²) in [6.45, 7) is 1.61. The maximum Gasteiger partial charge on any atom is 0.446 e. The van der Waals surface area contributed by atoms with Crippen molar-refractivity contribution in [2.75, 3.05) is 5.33 Å². The molecule has 1 aromatic carbocycles. The molecule has 6 heteroatoms. The van der Waals surface area contributed by atoms with Crippen molar-refractivity contribution in [1.82, 2.24) is 0 Å². The third-order valence-electron chi connectivity index (χ3n) is 2.05. The fourth-order valence-electron chi connectivity index (χ4n) is 1.37. The van der Waals surface area contributed by atoms with E-state index < -0.39 is 5.51 Å². The first-order valence-electron chi connectivity index (χ1n) is 4.75. The van der Waals surface area contributed by atoms with Crippen LogP contribution in [0, 0.1) is 6.92 Å². The van der Waals surface area contributed by atoms with Crippen molar-refractivity contribution in [2.45, 2.75) is 23.7 Å². The van der Waals surface area contributed by atoms with Gasteiger partial charge in [0.2, 0.25) is 0 Å². The van der Waals surface area contributed by atoms with Crippen LogP contribution in [-0.4, -0.2) is 16.6 Å². The summed E-state index contributed by atoms with van der Waals surface area (Å²) in [5, 5.41) is 0.150. The van der Waals surface area contributed by atoms with Crippen molar-refractivity contribution in [3.8, 4) is 0 Å². The second-order valence-corrected chi connectivity index (χ2v) is 5.10. The van der Waals surface area contributed by atoms with E-state index in [4.69, 9.17) is 0 Å². The minimum atomic E-state index is -4.34. The second-order valence-electron chi connectivity index (χ2n) is 3.46. The third kappa shape index (κ3) is 4.71. The number of hydrogen-bond acceptors (Lipinski definition) is 2. The van der Waals surface area contributed by atoms with E-state index in [1.807, 2.05) is 0 Å². The molecule has 0 saturated carbocycles. The van der Waals surface area contributed by atoms with Gasteiger partial charge in [0, 0.05) is 11.3 Å². The molecule has 0 spiro atoms. The van der Waals surface area contributed by atoms with Gasteiger partial charge in [0.1, 0.15) is 5.78 Å². The van der Waals surface area contributed by atoms with Gasteiger partial charge in [-0.25, -0.2) is 0 Å². The lowest BCUT2D eigenvalue weighted by Crippen LogP contribution is -2.07. The Morgan fingerprint density at radius 1 is 1.41 bits per heavy atom. The molecular formula is C11H10BrF3OS. The maximum atomic E-state index is 12.4. The molecule has 1 rings (SSSR count). The highest BCUT2D eigenvalue weighted by molar-refractivity contribution is 9.09. The van der Waals surface area contributed by atoms with Crippen molar-refractivity contribution < 1.29 is 18.0 Å². The lowest BCUT2D eigenvalue weighted by molar-refractivity contribution is -0.115. The summed E-state index contributed by atoms with van der Waals surface area (Å²) in [7, 11) is 0. The molecule has 0 aliphatic heterocycles. The fraction of sp³-hybridized carbons (Fsp3) is 0.364. The van der Waals surface area contributed by atoms with E-state index in [2.05, 4.69) is 15.9 Å². The highest BCUT2D eigenvalue weighted by atomic mass is 79.9. The Balaban J connectivity index is 3.04. The summed E-state index contributed by atoms with van der Waals surface area (Å²) >= 11 is 2.84. The summed E-state index contributed by atoms with van der Waals surface area (Å²) in [4.78, 5) is 11.4. The quantitative estimate of drug-likeness (QED) is 0.611. The first kappa shape index (κ1) is 14.6. The van der Waals surface area contributed by atoms with Gasteiger partial charge in [0.15, 0.2) is 0 Å². The number of benzene rings is 1. The monoisotopic (exact) mass is 326 g/mol. The molecule has 94 valence electrons. The van der Waals surface area contributed by atoms with E-state index in [-0.39, 0.29) is 34.2 Å². The number of rotatable bonds is 4. The topological polar surface area (TPSA) is 17.1 Å². The van der Waals surface area contributed by atoms with Crippen LogP contribution in [0.2, 0.25) is 0 Å². The molecule has 0 radical (unpaired) electrons. The number of Topliss-reactive ketones (excluding diaryl/α,β-unsaturated/α-hetero) is 1. The smallest absolute Gasteiger partial charge is 0.298 e. The van der Waals surface area contributed by atoms with Gasteiger partial charge in [0.05, 0.1) is 5.33 Å². The average molecular weight is 327 g/mol. The molecule has 0 N–H and O–H groups in total. The molecule has 1 nitrogen and oxygen atoms in total. The second kappa shape index (κ2) is 5.91. The van der Waals surface area contributed by atoms with Crippen LogP contribution in [0.1, 0.15) is 11.1 Å². The molecule has 0 aromatic heterocycles. The standard InChI is InChI=1S/C11H10BrF3OS/c1-7-3-2-4-8(5-9(16)6-12)10(7)17-11(13,14)15/h2-4H,5-6H2,1H3. The first-order chi connectivity index (χ1) is 7.83. The predicted octanol–water partition coefficient (Wildman–Crippen LogP) is 4.11. The number of alkyl halides is 4. The Morgan fingerprint density at radius 3 is 2.59 bits per heavy atom. The third-order valence-corrected chi connectivity index (χ3v) is 3.69. The maximum absolute atomic E-state index is 12.4. The summed E-state index contributed by atoms with van der Waals surface area (Å²) in [6.07, 6.45) is 0.0192. The number of ketones is 1. The number of thioether (sulfide) groups is 1. The van der Waals surface area contributed by atoms with Gasteiger partial charge in [-0.1, -0.05) is 34.1 Å². The Bertz CT molecular complexity index is 418. The molecule has 0 aliphatic rings. The molecule has 1 aromatic rings. The van der Waals surface area contributed by atoms with Crippen LogP contribution >= 0.6 is 27.7 Å². The highest BCUT2D eigenvalue weighted by Crippen LogP contribution is 2.40. The zero-order valence-corrected chi connectivity index (χ0v) is 11.4. The molecular weight excluding hydrogens is 317 g/mol. The molecule has 0 amide bonds. The van der Waals surface area contributed by atoms with Crippen LogP contribution in [-0.2, 0) is 11.2 Å². The number of hydrogen-bond donors (Lipinski definition) is 0. The van der Waals surface area contributed by atoms with Crippen LogP contribution in [0.3, 0.4) is 0 Å². The lowest BCUT2D eigenvalue weighted by Gasteiger charge is -2.13. The Labute approximate surface area is 110 Å². The average Bonchev–Trinajstić information content (AvgIpc) is 2.21. The Kier molecular flexibility index (Phi) is 5.06. The van der Waals surface area contributed by atoms with Crippen LogP contribution in [0.15, 0.2) is 23.1 Å². The summed E-state index contributed by atoms with van der Waals surface area (Å²) in [5.74, 6) is -0.139. The Hall–Kier alpha value is -0.490. The van der Waals surface area contributed by atoms with Crippen molar-refractivity contribution in [1.29, 1.82) is 0 Å². The van der Waals surface area contributed by atoms with Crippen molar-refractivity contribution in [3.05, 3.63) is 29.3 Å². The largest absolute Gasteiger partial charge is 0.446 e. The highest BCUT2D eigenvalue weighted by Gasteiger charge is 2.31. The van der Waals surface area contributed by atoms with E-state index in [9.17, 15) is 18.0 Å². The van der Waals surface area contributed by atoms with Crippen LogP contribution in [0.25, 0.3) is 0 Å². The minimum Gasteiger partial charge on any atom is -0.298 e. The SMILES string of the molecule is Cc1cccc(CC(=O)CBr)c1SC(F)(F)F. The summed E-state index contributed by atoms with van der Waals surface area (Å²) in [5.41, 5.74) is -3.37. The van der Waals surface area contributed by atoms with Gasteiger partial charge in [-0.2, -0.15) is 13.2 Å². The lowest BCUT2D eigenvalue weighted by atomic mass is 10.1. The van der Waals surface area contributed by atoms with E-state index in [0.717, 1.165) is 0 Å². The van der Waals surface area contributed by atoms with Gasteiger partial charge < -0.3 is 0 Å². The van der Waals surface area contributed by atoms with Gasteiger partial charge in [-0.3, -0.25) is 4.79 Å². The normalized spacial score (nSPS) is 11.6. The molecule has 17 heavy (non-hydrogen) atoms. The molecule has 0 bridgehead atoms. The van der Waals surface area contributed by atoms with Crippen LogP contribution in [0.5, 0.6) is 0 Å². The molecule has 0 unspecified atom stereocenters. The van der Waals surface area contributed by atoms with Crippen molar-refractivity contribution >= 4 is 33.5 Å². The van der Waals surface area contributed by atoms with E-state index in [0.29, 0.717) is 11.1 Å². The molecule has 0 heterocycles. The summed E-state index contributed by atoms with van der Waals surface area (Å²) < 4.78 is 37.2. The molecule has 0 saturated heterocycles. The van der Waals surface area contributed by atoms with Crippen molar-refractivity contribution in [3.63, 3.8) is 0 Å². The summed E-state index contributed by atoms with van der Waals surface area (Å²) in [6, 6.07) is 4.82. The zero-order chi connectivity index (χ0) is 13.1. The van der Waals surface area contributed by atoms with Crippen LogP contribution < -0.4 is 0 Å². The molecule has 0 fully saturated rings. The van der Waals surface area contributed by atoms with Gasteiger partial charge in [0.25, 0.3) is 0 Å². The van der Waals surface area contributed by atoms with Crippen LogP contribution in [0.4, 0.5) is 13.2 Å². The van der Waals surface area contributed by atoms with E-state index in [1.165, 1.54) is 0 Å². The number of carbonyl (C=O) groups is 1. The minimum absolute atomic E-state index is 0.0192. The van der Waals surface area contributed by atoms with E-state index in [1.54, 1.807) is 25.1 Å². The number of halogens is 4. The number of carbonyl (C=O) groups excluding carboxylic acids is 1.